The summed E-state index contributed by atoms with van der Waals surface area (Å²) in [6, 6.07) is 9.91. The van der Waals surface area contributed by atoms with Gasteiger partial charge >= 0.3 is 5.69 Å². The SMILES string of the molecule is COc1ccc(NC(=O)Cn2nc3n(Cc4ccco4)c(=O)c4sccc4n3c2=O)cc1Cl. The van der Waals surface area contributed by atoms with E-state index in [0.29, 0.717) is 32.4 Å². The number of hydrogen-bond donors (Lipinski definition) is 1. The van der Waals surface area contributed by atoms with Gasteiger partial charge in [-0.1, -0.05) is 11.6 Å². The number of methoxy groups -OCH3 is 1. The molecule has 12 heteroatoms. The monoisotopic (exact) mass is 485 g/mol. The van der Waals surface area contributed by atoms with Crippen LogP contribution in [-0.4, -0.2) is 31.8 Å². The van der Waals surface area contributed by atoms with Gasteiger partial charge in [0.2, 0.25) is 11.7 Å². The summed E-state index contributed by atoms with van der Waals surface area (Å²) in [7, 11) is 1.49. The van der Waals surface area contributed by atoms with Crippen molar-refractivity contribution in [3.05, 3.63) is 79.7 Å². The van der Waals surface area contributed by atoms with Crippen LogP contribution in [0, 0.1) is 0 Å². The Labute approximate surface area is 194 Å². The normalized spacial score (nSPS) is 11.3. The highest BCUT2D eigenvalue weighted by Gasteiger charge is 2.20. The zero-order valence-corrected chi connectivity index (χ0v) is 18.7. The molecule has 0 spiro atoms. The average molecular weight is 486 g/mol. The largest absolute Gasteiger partial charge is 0.495 e. The van der Waals surface area contributed by atoms with Crippen LogP contribution < -0.4 is 21.3 Å². The van der Waals surface area contributed by atoms with Gasteiger partial charge in [-0.05, 0) is 41.8 Å². The van der Waals surface area contributed by atoms with Crippen LogP contribution in [0.1, 0.15) is 5.76 Å². The molecule has 10 nitrogen and oxygen atoms in total. The molecule has 4 heterocycles. The maximum absolute atomic E-state index is 13.1. The number of fused-ring (bicyclic) bond motifs is 3. The van der Waals surface area contributed by atoms with E-state index in [1.54, 1.807) is 41.8 Å². The maximum Gasteiger partial charge on any atom is 0.352 e. The van der Waals surface area contributed by atoms with Crippen molar-refractivity contribution in [2.24, 2.45) is 0 Å². The van der Waals surface area contributed by atoms with Crippen molar-refractivity contribution in [3.8, 4) is 5.75 Å². The van der Waals surface area contributed by atoms with Crippen molar-refractivity contribution in [2.45, 2.75) is 13.1 Å². The van der Waals surface area contributed by atoms with Crippen molar-refractivity contribution in [2.75, 3.05) is 12.4 Å². The van der Waals surface area contributed by atoms with E-state index in [1.165, 1.54) is 33.7 Å². The number of nitrogens with zero attached hydrogens (tertiary/aromatic N) is 4. The second-order valence-corrected chi connectivity index (χ2v) is 8.40. The van der Waals surface area contributed by atoms with Crippen LogP contribution in [0.15, 0.2) is 62.0 Å². The predicted octanol–water partition coefficient (Wildman–Crippen LogP) is 2.81. The molecule has 5 aromatic rings. The summed E-state index contributed by atoms with van der Waals surface area (Å²) < 4.78 is 14.6. The van der Waals surface area contributed by atoms with Crippen molar-refractivity contribution in [3.63, 3.8) is 0 Å². The van der Waals surface area contributed by atoms with E-state index in [-0.39, 0.29) is 24.4 Å². The number of nitrogens with one attached hydrogen (secondary N) is 1. The van der Waals surface area contributed by atoms with Crippen LogP contribution in [0.25, 0.3) is 16.0 Å². The number of amides is 1. The van der Waals surface area contributed by atoms with Crippen molar-refractivity contribution < 1.29 is 13.9 Å². The Morgan fingerprint density at radius 2 is 2.12 bits per heavy atom. The molecule has 33 heavy (non-hydrogen) atoms. The molecule has 0 aliphatic carbocycles. The molecular weight excluding hydrogens is 470 g/mol. The Kier molecular flexibility index (Phi) is 5.27. The maximum atomic E-state index is 13.1. The lowest BCUT2D eigenvalue weighted by Crippen LogP contribution is -2.29. The molecular formula is C21H16ClN5O5S. The van der Waals surface area contributed by atoms with Gasteiger partial charge in [-0.15, -0.1) is 16.4 Å². The first-order valence-electron chi connectivity index (χ1n) is 9.71. The number of carbonyl (C=O) groups excluding carboxylic acids is 1. The van der Waals surface area contributed by atoms with Crippen LogP contribution in [0.3, 0.4) is 0 Å². The molecule has 0 fully saturated rings. The third-order valence-corrected chi connectivity index (χ3v) is 6.20. The van der Waals surface area contributed by atoms with E-state index in [9.17, 15) is 14.4 Å². The van der Waals surface area contributed by atoms with Gasteiger partial charge in [0, 0.05) is 5.69 Å². The van der Waals surface area contributed by atoms with E-state index >= 15 is 0 Å². The Hall–Kier alpha value is -3.83. The molecule has 1 N–H and O–H groups in total. The molecule has 0 aliphatic rings. The van der Waals surface area contributed by atoms with Crippen LogP contribution in [-0.2, 0) is 17.9 Å². The molecule has 0 aliphatic heterocycles. The van der Waals surface area contributed by atoms with Gasteiger partial charge in [0.1, 0.15) is 22.8 Å². The molecule has 0 radical (unpaired) electrons. The minimum absolute atomic E-state index is 0.0934. The minimum Gasteiger partial charge on any atom is -0.495 e. The summed E-state index contributed by atoms with van der Waals surface area (Å²) in [5, 5.41) is 9.04. The van der Waals surface area contributed by atoms with Gasteiger partial charge in [0.15, 0.2) is 0 Å². The number of carbonyl (C=O) groups is 1. The van der Waals surface area contributed by atoms with Crippen molar-refractivity contribution in [1.29, 1.82) is 0 Å². The first-order valence-corrected chi connectivity index (χ1v) is 11.0. The minimum atomic E-state index is -0.537. The lowest BCUT2D eigenvalue weighted by Gasteiger charge is -2.07. The summed E-state index contributed by atoms with van der Waals surface area (Å²) in [5.74, 6) is 0.641. The van der Waals surface area contributed by atoms with Crippen LogP contribution in [0.4, 0.5) is 5.69 Å². The van der Waals surface area contributed by atoms with Gasteiger partial charge in [0.25, 0.3) is 5.56 Å². The molecule has 0 atom stereocenters. The van der Waals surface area contributed by atoms with Gasteiger partial charge in [-0.25, -0.2) is 13.9 Å². The molecule has 0 bridgehead atoms. The molecule has 0 unspecified atom stereocenters. The molecule has 1 aromatic carbocycles. The highest BCUT2D eigenvalue weighted by molar-refractivity contribution is 7.17. The number of benzene rings is 1. The van der Waals surface area contributed by atoms with E-state index in [1.807, 2.05) is 0 Å². The number of thiophene rings is 1. The summed E-state index contributed by atoms with van der Waals surface area (Å²) in [5.41, 5.74) is 0.0507. The molecule has 5 rings (SSSR count). The van der Waals surface area contributed by atoms with Crippen molar-refractivity contribution in [1.82, 2.24) is 18.7 Å². The number of hydrogen-bond acceptors (Lipinski definition) is 7. The van der Waals surface area contributed by atoms with E-state index in [4.69, 9.17) is 20.8 Å². The Balaban J connectivity index is 1.53. The van der Waals surface area contributed by atoms with Gasteiger partial charge in [-0.2, -0.15) is 0 Å². The van der Waals surface area contributed by atoms with Gasteiger partial charge in [-0.3, -0.25) is 14.2 Å². The Morgan fingerprint density at radius 3 is 2.85 bits per heavy atom. The van der Waals surface area contributed by atoms with Crippen LogP contribution in [0.5, 0.6) is 5.75 Å². The summed E-state index contributed by atoms with van der Waals surface area (Å²) >= 11 is 7.33. The second kappa shape index (κ2) is 8.26. The quantitative estimate of drug-likeness (QED) is 0.395. The summed E-state index contributed by atoms with van der Waals surface area (Å²) in [4.78, 5) is 38.8. The summed E-state index contributed by atoms with van der Waals surface area (Å²) in [6.45, 7) is -0.263. The fourth-order valence-electron chi connectivity index (χ4n) is 3.52. The molecule has 168 valence electrons. The number of halogens is 1. The number of furan rings is 1. The highest BCUT2D eigenvalue weighted by atomic mass is 35.5. The van der Waals surface area contributed by atoms with Crippen LogP contribution in [0.2, 0.25) is 5.02 Å². The third-order valence-electron chi connectivity index (χ3n) is 5.01. The van der Waals surface area contributed by atoms with Crippen molar-refractivity contribution >= 4 is 50.5 Å². The molecule has 0 saturated heterocycles. The Morgan fingerprint density at radius 1 is 1.27 bits per heavy atom. The Bertz CT molecular complexity index is 1610. The lowest BCUT2D eigenvalue weighted by atomic mass is 10.3. The summed E-state index contributed by atoms with van der Waals surface area (Å²) in [6.07, 6.45) is 1.50. The molecule has 0 saturated carbocycles. The highest BCUT2D eigenvalue weighted by Crippen LogP contribution is 2.27. The fraction of sp³-hybridized carbons (Fsp3) is 0.143. The first kappa shape index (κ1) is 21.0. The smallest absolute Gasteiger partial charge is 0.352 e. The standard InChI is InChI=1S/C21H16ClN5O5S/c1-31-16-5-4-12(9-14(16)22)23-17(28)11-26-21(30)27-15-6-8-33-18(15)19(29)25(20(27)24-26)10-13-3-2-7-32-13/h2-9H,10-11H2,1H3,(H,23,28). The molecule has 1 amide bonds. The van der Waals surface area contributed by atoms with Gasteiger partial charge in [0.05, 0.1) is 30.5 Å². The van der Waals surface area contributed by atoms with Gasteiger partial charge < -0.3 is 14.5 Å². The second-order valence-electron chi connectivity index (χ2n) is 7.08. The number of ether oxygens (including phenoxy) is 1. The fourth-order valence-corrected chi connectivity index (χ4v) is 4.60. The number of rotatable bonds is 6. The third kappa shape index (κ3) is 3.70. The first-order chi connectivity index (χ1) is 16.0. The zero-order chi connectivity index (χ0) is 23.1. The zero-order valence-electron chi connectivity index (χ0n) is 17.1. The average Bonchev–Trinajstić information content (AvgIpc) is 3.53. The topological polar surface area (TPSA) is 113 Å². The molecule has 4 aromatic heterocycles. The van der Waals surface area contributed by atoms with E-state index in [0.717, 1.165) is 4.68 Å². The predicted molar refractivity (Wildman–Crippen MR) is 124 cm³/mol. The number of aromatic nitrogens is 4. The van der Waals surface area contributed by atoms with E-state index in [2.05, 4.69) is 10.4 Å². The van der Waals surface area contributed by atoms with Crippen LogP contribution >= 0.6 is 22.9 Å². The lowest BCUT2D eigenvalue weighted by molar-refractivity contribution is -0.117. The number of anilines is 1. The van der Waals surface area contributed by atoms with E-state index < -0.39 is 11.6 Å².